The lowest BCUT2D eigenvalue weighted by molar-refractivity contribution is -0.307. The molecule has 0 aromatic heterocycles. The molecule has 5 nitrogen and oxygen atoms in total. The highest BCUT2D eigenvalue weighted by Crippen LogP contribution is 2.26. The standard InChI is InChI=1S/C22H19NO4/c24-20(25)15-27-19-13-11-18(12-14-19)23-22(26)21(16-7-3-1-4-8-16)17-9-5-2-6-10-17/h1-14,21H,15H2,(H,23,26)(H,24,25)/p-1. The number of aliphatic carboxylic acids is 1. The van der Waals surface area contributed by atoms with E-state index in [1.54, 1.807) is 24.3 Å². The van der Waals surface area contributed by atoms with Gasteiger partial charge in [0.1, 0.15) is 12.4 Å². The number of rotatable bonds is 7. The Kier molecular flexibility index (Phi) is 5.84. The van der Waals surface area contributed by atoms with E-state index in [9.17, 15) is 14.7 Å². The van der Waals surface area contributed by atoms with Crippen LogP contribution in [0.3, 0.4) is 0 Å². The molecule has 0 fully saturated rings. The SMILES string of the molecule is O=C([O-])COc1ccc(NC(=O)C(c2ccccc2)c2ccccc2)cc1. The Morgan fingerprint density at radius 1 is 0.815 bits per heavy atom. The molecule has 0 spiro atoms. The number of carbonyl (C=O) groups is 2. The molecule has 0 radical (unpaired) electrons. The van der Waals surface area contributed by atoms with Gasteiger partial charge in [-0.2, -0.15) is 0 Å². The lowest BCUT2D eigenvalue weighted by Gasteiger charge is -2.18. The van der Waals surface area contributed by atoms with E-state index in [1.165, 1.54) is 0 Å². The number of amides is 1. The van der Waals surface area contributed by atoms with Crippen LogP contribution in [0.4, 0.5) is 5.69 Å². The van der Waals surface area contributed by atoms with Crippen LogP contribution in [-0.4, -0.2) is 18.5 Å². The Morgan fingerprint density at radius 3 is 1.81 bits per heavy atom. The zero-order valence-corrected chi connectivity index (χ0v) is 14.5. The third-order valence-corrected chi connectivity index (χ3v) is 4.01. The summed E-state index contributed by atoms with van der Waals surface area (Å²) in [5, 5.41) is 13.3. The summed E-state index contributed by atoms with van der Waals surface area (Å²) in [5.74, 6) is -1.50. The topological polar surface area (TPSA) is 78.5 Å². The first-order valence-corrected chi connectivity index (χ1v) is 8.47. The summed E-state index contributed by atoms with van der Waals surface area (Å²) in [5.41, 5.74) is 2.39. The molecule has 0 aliphatic carbocycles. The first-order chi connectivity index (χ1) is 13.1. The number of carboxylic acid groups (broad SMARTS) is 1. The molecule has 136 valence electrons. The van der Waals surface area contributed by atoms with Crippen molar-refractivity contribution in [2.45, 2.75) is 5.92 Å². The Morgan fingerprint density at radius 2 is 1.33 bits per heavy atom. The fourth-order valence-corrected chi connectivity index (χ4v) is 2.78. The first kappa shape index (κ1) is 18.2. The van der Waals surface area contributed by atoms with Crippen LogP contribution in [0.5, 0.6) is 5.75 Å². The van der Waals surface area contributed by atoms with Gasteiger partial charge in [-0.1, -0.05) is 60.7 Å². The third-order valence-electron chi connectivity index (χ3n) is 4.01. The van der Waals surface area contributed by atoms with Crippen molar-refractivity contribution in [2.75, 3.05) is 11.9 Å². The molecule has 1 N–H and O–H groups in total. The van der Waals surface area contributed by atoms with E-state index >= 15 is 0 Å². The average Bonchev–Trinajstić information content (AvgIpc) is 2.69. The molecule has 0 atom stereocenters. The smallest absolute Gasteiger partial charge is 0.236 e. The number of carbonyl (C=O) groups excluding carboxylic acids is 2. The van der Waals surface area contributed by atoms with Crippen LogP contribution in [0.15, 0.2) is 84.9 Å². The zero-order chi connectivity index (χ0) is 19.1. The zero-order valence-electron chi connectivity index (χ0n) is 14.5. The van der Waals surface area contributed by atoms with Gasteiger partial charge in [-0.3, -0.25) is 4.79 Å². The van der Waals surface area contributed by atoms with E-state index in [-0.39, 0.29) is 5.91 Å². The van der Waals surface area contributed by atoms with Crippen LogP contribution < -0.4 is 15.2 Å². The molecule has 1 amide bonds. The van der Waals surface area contributed by atoms with E-state index in [2.05, 4.69) is 5.32 Å². The molecule has 3 rings (SSSR count). The quantitative estimate of drug-likeness (QED) is 0.702. The lowest BCUT2D eigenvalue weighted by Crippen LogP contribution is -2.28. The molecule has 0 unspecified atom stereocenters. The van der Waals surface area contributed by atoms with Crippen molar-refractivity contribution in [1.82, 2.24) is 0 Å². The van der Waals surface area contributed by atoms with Gasteiger partial charge in [-0.25, -0.2) is 0 Å². The third kappa shape index (κ3) is 4.95. The van der Waals surface area contributed by atoms with Crippen molar-refractivity contribution in [1.29, 1.82) is 0 Å². The van der Waals surface area contributed by atoms with E-state index in [0.717, 1.165) is 11.1 Å². The first-order valence-electron chi connectivity index (χ1n) is 8.47. The average molecular weight is 360 g/mol. The summed E-state index contributed by atoms with van der Waals surface area (Å²) in [6, 6.07) is 25.7. The normalized spacial score (nSPS) is 10.4. The molecule has 3 aromatic carbocycles. The van der Waals surface area contributed by atoms with Crippen LogP contribution in [0.2, 0.25) is 0 Å². The molecule has 3 aromatic rings. The number of anilines is 1. The molecular formula is C22H18NO4-. The monoisotopic (exact) mass is 360 g/mol. The molecule has 27 heavy (non-hydrogen) atoms. The maximum atomic E-state index is 13.0. The largest absolute Gasteiger partial charge is 0.546 e. The van der Waals surface area contributed by atoms with Crippen LogP contribution in [0, 0.1) is 0 Å². The Bertz CT molecular complexity index is 853. The van der Waals surface area contributed by atoms with E-state index in [4.69, 9.17) is 4.74 Å². The highest BCUT2D eigenvalue weighted by molar-refractivity contribution is 5.98. The summed E-state index contributed by atoms with van der Waals surface area (Å²) in [6.07, 6.45) is 0. The van der Waals surface area contributed by atoms with E-state index < -0.39 is 18.5 Å². The minimum absolute atomic E-state index is 0.157. The molecule has 0 heterocycles. The number of carboxylic acids is 1. The van der Waals surface area contributed by atoms with Gasteiger partial charge in [0.05, 0.1) is 11.9 Å². The van der Waals surface area contributed by atoms with Crippen LogP contribution in [0.1, 0.15) is 17.0 Å². The maximum Gasteiger partial charge on any atom is 0.236 e. The van der Waals surface area contributed by atoms with Crippen LogP contribution >= 0.6 is 0 Å². The number of ether oxygens (including phenoxy) is 1. The van der Waals surface area contributed by atoms with Gasteiger partial charge in [0.2, 0.25) is 5.91 Å². The van der Waals surface area contributed by atoms with E-state index in [0.29, 0.717) is 11.4 Å². The summed E-state index contributed by atoms with van der Waals surface area (Å²) < 4.78 is 5.04. The van der Waals surface area contributed by atoms with Crippen LogP contribution in [-0.2, 0) is 9.59 Å². The fourth-order valence-electron chi connectivity index (χ4n) is 2.78. The summed E-state index contributed by atoms with van der Waals surface area (Å²) in [4.78, 5) is 23.4. The predicted molar refractivity (Wildman–Crippen MR) is 100 cm³/mol. The van der Waals surface area contributed by atoms with Gasteiger partial charge in [0.15, 0.2) is 0 Å². The second kappa shape index (κ2) is 8.67. The van der Waals surface area contributed by atoms with Gasteiger partial charge in [-0.05, 0) is 35.4 Å². The van der Waals surface area contributed by atoms with Crippen LogP contribution in [0.25, 0.3) is 0 Å². The van der Waals surface area contributed by atoms with Gasteiger partial charge in [0.25, 0.3) is 0 Å². The second-order valence-corrected chi connectivity index (χ2v) is 5.93. The molecule has 0 saturated carbocycles. The van der Waals surface area contributed by atoms with Crippen molar-refractivity contribution in [2.24, 2.45) is 0 Å². The molecular weight excluding hydrogens is 342 g/mol. The second-order valence-electron chi connectivity index (χ2n) is 5.93. The number of nitrogens with one attached hydrogen (secondary N) is 1. The summed E-state index contributed by atoms with van der Waals surface area (Å²) in [6.45, 7) is -0.518. The van der Waals surface area contributed by atoms with Gasteiger partial charge in [0, 0.05) is 5.69 Å². The highest BCUT2D eigenvalue weighted by atomic mass is 16.5. The minimum atomic E-state index is -1.29. The maximum absolute atomic E-state index is 13.0. The lowest BCUT2D eigenvalue weighted by atomic mass is 9.90. The Balaban J connectivity index is 1.78. The summed E-state index contributed by atoms with van der Waals surface area (Å²) >= 11 is 0. The molecule has 0 saturated heterocycles. The molecule has 5 heteroatoms. The highest BCUT2D eigenvalue weighted by Gasteiger charge is 2.22. The van der Waals surface area contributed by atoms with Crippen molar-refractivity contribution < 1.29 is 19.4 Å². The molecule has 0 bridgehead atoms. The number of benzene rings is 3. The van der Waals surface area contributed by atoms with Crippen molar-refractivity contribution in [3.63, 3.8) is 0 Å². The Labute approximate surface area is 157 Å². The fraction of sp³-hybridized carbons (Fsp3) is 0.0909. The Hall–Kier alpha value is -3.60. The van der Waals surface area contributed by atoms with E-state index in [1.807, 2.05) is 60.7 Å². The van der Waals surface area contributed by atoms with Gasteiger partial charge < -0.3 is 20.0 Å². The van der Waals surface area contributed by atoms with Crippen molar-refractivity contribution in [3.8, 4) is 5.75 Å². The number of hydrogen-bond donors (Lipinski definition) is 1. The molecule has 0 aliphatic heterocycles. The van der Waals surface area contributed by atoms with Crippen molar-refractivity contribution in [3.05, 3.63) is 96.1 Å². The van der Waals surface area contributed by atoms with Crippen molar-refractivity contribution >= 4 is 17.6 Å². The minimum Gasteiger partial charge on any atom is -0.546 e. The number of hydrogen-bond acceptors (Lipinski definition) is 4. The molecule has 0 aliphatic rings. The predicted octanol–water partition coefficient (Wildman–Crippen LogP) is 2.59. The van der Waals surface area contributed by atoms with Gasteiger partial charge >= 0.3 is 0 Å². The van der Waals surface area contributed by atoms with Gasteiger partial charge in [-0.15, -0.1) is 0 Å². The summed E-state index contributed by atoms with van der Waals surface area (Å²) in [7, 11) is 0.